The summed E-state index contributed by atoms with van der Waals surface area (Å²) in [4.78, 5) is 11.7. The molecule has 0 unspecified atom stereocenters. The highest BCUT2D eigenvalue weighted by Crippen LogP contribution is 2.35. The Morgan fingerprint density at radius 3 is 2.84 bits per heavy atom. The topological polar surface area (TPSA) is 67.9 Å². The SMILES string of the molecule is CCOC(=O)c1n[nH]nc1-c1cc(F)cc(Br)c1Br. The van der Waals surface area contributed by atoms with Crippen molar-refractivity contribution in [2.24, 2.45) is 0 Å². The van der Waals surface area contributed by atoms with E-state index in [2.05, 4.69) is 47.3 Å². The minimum Gasteiger partial charge on any atom is -0.461 e. The Bertz CT molecular complexity index is 630. The van der Waals surface area contributed by atoms with Crippen molar-refractivity contribution >= 4 is 37.8 Å². The number of esters is 1. The summed E-state index contributed by atoms with van der Waals surface area (Å²) in [6, 6.07) is 2.56. The largest absolute Gasteiger partial charge is 0.461 e. The number of nitrogens with one attached hydrogen (secondary N) is 1. The zero-order valence-corrected chi connectivity index (χ0v) is 12.9. The molecule has 1 aromatic carbocycles. The fourth-order valence-electron chi connectivity index (χ4n) is 1.49. The molecule has 0 aliphatic rings. The number of carbonyl (C=O) groups excluding carboxylic acids is 1. The lowest BCUT2D eigenvalue weighted by Gasteiger charge is -2.05. The lowest BCUT2D eigenvalue weighted by molar-refractivity contribution is 0.0520. The molecule has 2 aromatic rings. The fourth-order valence-corrected chi connectivity index (χ4v) is 2.34. The minimum atomic E-state index is -0.612. The average molecular weight is 393 g/mol. The van der Waals surface area contributed by atoms with Crippen molar-refractivity contribution in [3.8, 4) is 11.3 Å². The molecular weight excluding hydrogens is 385 g/mol. The summed E-state index contributed by atoms with van der Waals surface area (Å²) in [5.74, 6) is -1.07. The Hall–Kier alpha value is -1.28. The first kappa shape index (κ1) is 14.1. The predicted octanol–water partition coefficient (Wildman–Crippen LogP) is 3.31. The second-order valence-electron chi connectivity index (χ2n) is 3.49. The van der Waals surface area contributed by atoms with Crippen LogP contribution in [-0.2, 0) is 4.74 Å². The van der Waals surface area contributed by atoms with Gasteiger partial charge in [0, 0.05) is 14.5 Å². The van der Waals surface area contributed by atoms with Crippen molar-refractivity contribution in [2.45, 2.75) is 6.92 Å². The Kier molecular flexibility index (Phi) is 4.31. The second-order valence-corrected chi connectivity index (χ2v) is 5.14. The molecule has 0 spiro atoms. The van der Waals surface area contributed by atoms with Gasteiger partial charge in [-0.2, -0.15) is 10.3 Å². The molecule has 5 nitrogen and oxygen atoms in total. The maximum Gasteiger partial charge on any atom is 0.361 e. The second kappa shape index (κ2) is 5.79. The van der Waals surface area contributed by atoms with Crippen LogP contribution in [0.2, 0.25) is 0 Å². The average Bonchev–Trinajstić information content (AvgIpc) is 2.83. The van der Waals surface area contributed by atoms with Crippen molar-refractivity contribution in [1.82, 2.24) is 15.4 Å². The molecule has 2 rings (SSSR count). The molecule has 1 N–H and O–H groups in total. The third kappa shape index (κ3) is 2.84. The molecule has 0 amide bonds. The Morgan fingerprint density at radius 1 is 1.42 bits per heavy atom. The lowest BCUT2D eigenvalue weighted by Crippen LogP contribution is -2.07. The van der Waals surface area contributed by atoms with Crippen LogP contribution in [0.4, 0.5) is 4.39 Å². The highest BCUT2D eigenvalue weighted by Gasteiger charge is 2.22. The van der Waals surface area contributed by atoms with Crippen LogP contribution in [-0.4, -0.2) is 28.0 Å². The molecular formula is C11H8Br2FN3O2. The third-order valence-corrected chi connectivity index (χ3v) is 4.28. The quantitative estimate of drug-likeness (QED) is 0.642. The first-order valence-corrected chi connectivity index (χ1v) is 6.86. The molecule has 0 saturated carbocycles. The number of nitrogens with zero attached hydrogens (tertiary/aromatic N) is 2. The number of H-pyrrole nitrogens is 1. The van der Waals surface area contributed by atoms with Gasteiger partial charge in [-0.05, 0) is 50.9 Å². The number of hydrogen-bond donors (Lipinski definition) is 1. The van der Waals surface area contributed by atoms with Crippen LogP contribution in [0.15, 0.2) is 21.1 Å². The summed E-state index contributed by atoms with van der Waals surface area (Å²) in [5, 5.41) is 9.96. The maximum atomic E-state index is 13.5. The number of halogens is 3. The van der Waals surface area contributed by atoms with Crippen molar-refractivity contribution in [3.05, 3.63) is 32.6 Å². The number of aromatic amines is 1. The van der Waals surface area contributed by atoms with Gasteiger partial charge >= 0.3 is 5.97 Å². The van der Waals surface area contributed by atoms with Gasteiger partial charge in [0.15, 0.2) is 5.69 Å². The molecule has 0 aliphatic heterocycles. The van der Waals surface area contributed by atoms with Gasteiger partial charge in [0.25, 0.3) is 0 Å². The monoisotopic (exact) mass is 391 g/mol. The van der Waals surface area contributed by atoms with E-state index in [4.69, 9.17) is 4.74 Å². The standard InChI is InChI=1S/C11H8Br2FN3O2/c1-2-19-11(18)10-9(15-17-16-10)6-3-5(14)4-7(12)8(6)13/h3-4H,2H2,1H3,(H,15,16,17). The van der Waals surface area contributed by atoms with Gasteiger partial charge in [0.1, 0.15) is 11.5 Å². The van der Waals surface area contributed by atoms with Crippen molar-refractivity contribution in [3.63, 3.8) is 0 Å². The van der Waals surface area contributed by atoms with E-state index in [1.54, 1.807) is 6.92 Å². The van der Waals surface area contributed by atoms with E-state index in [1.165, 1.54) is 12.1 Å². The highest BCUT2D eigenvalue weighted by molar-refractivity contribution is 9.13. The summed E-state index contributed by atoms with van der Waals surface area (Å²) >= 11 is 6.52. The van der Waals surface area contributed by atoms with Gasteiger partial charge < -0.3 is 4.74 Å². The minimum absolute atomic E-state index is 0.0139. The predicted molar refractivity (Wildman–Crippen MR) is 73.1 cm³/mol. The highest BCUT2D eigenvalue weighted by atomic mass is 79.9. The molecule has 0 bridgehead atoms. The number of carbonyl (C=O) groups is 1. The number of benzene rings is 1. The summed E-state index contributed by atoms with van der Waals surface area (Å²) in [6.45, 7) is 1.91. The van der Waals surface area contributed by atoms with Crippen LogP contribution in [0.1, 0.15) is 17.4 Å². The molecule has 1 aromatic heterocycles. The van der Waals surface area contributed by atoms with Gasteiger partial charge in [0.2, 0.25) is 0 Å². The normalized spacial score (nSPS) is 10.5. The third-order valence-electron chi connectivity index (χ3n) is 2.26. The summed E-state index contributed by atoms with van der Waals surface area (Å²) in [7, 11) is 0. The number of ether oxygens (including phenoxy) is 1. The van der Waals surface area contributed by atoms with E-state index in [0.717, 1.165) is 0 Å². The fraction of sp³-hybridized carbons (Fsp3) is 0.182. The van der Waals surface area contributed by atoms with E-state index in [-0.39, 0.29) is 18.0 Å². The Morgan fingerprint density at radius 2 is 2.16 bits per heavy atom. The Labute approximate surface area is 124 Å². The molecule has 8 heteroatoms. The maximum absolute atomic E-state index is 13.5. The first-order chi connectivity index (χ1) is 9.04. The Balaban J connectivity index is 2.54. The number of hydrogen-bond acceptors (Lipinski definition) is 4. The molecule has 0 aliphatic carbocycles. The van der Waals surface area contributed by atoms with Gasteiger partial charge in [-0.15, -0.1) is 5.10 Å². The van der Waals surface area contributed by atoms with Gasteiger partial charge in [-0.3, -0.25) is 0 Å². The van der Waals surface area contributed by atoms with E-state index in [0.29, 0.717) is 14.5 Å². The molecule has 0 saturated heterocycles. The molecule has 0 fully saturated rings. The molecule has 100 valence electrons. The van der Waals surface area contributed by atoms with Crippen LogP contribution in [0.3, 0.4) is 0 Å². The summed E-state index contributed by atoms with van der Waals surface area (Å²) in [6.07, 6.45) is 0. The summed E-state index contributed by atoms with van der Waals surface area (Å²) in [5.41, 5.74) is 0.647. The zero-order chi connectivity index (χ0) is 14.0. The van der Waals surface area contributed by atoms with Gasteiger partial charge in [-0.25, -0.2) is 9.18 Å². The molecule has 0 atom stereocenters. The first-order valence-electron chi connectivity index (χ1n) is 5.27. The molecule has 0 radical (unpaired) electrons. The van der Waals surface area contributed by atoms with Crippen LogP contribution in [0.5, 0.6) is 0 Å². The van der Waals surface area contributed by atoms with Crippen LogP contribution in [0, 0.1) is 5.82 Å². The van der Waals surface area contributed by atoms with Crippen molar-refractivity contribution in [2.75, 3.05) is 6.61 Å². The number of aromatic nitrogens is 3. The lowest BCUT2D eigenvalue weighted by atomic mass is 10.1. The van der Waals surface area contributed by atoms with Gasteiger partial charge in [-0.1, -0.05) is 0 Å². The molecule has 1 heterocycles. The smallest absolute Gasteiger partial charge is 0.361 e. The summed E-state index contributed by atoms with van der Waals surface area (Å²) < 4.78 is 19.4. The van der Waals surface area contributed by atoms with E-state index in [9.17, 15) is 9.18 Å². The van der Waals surface area contributed by atoms with Crippen LogP contribution in [0.25, 0.3) is 11.3 Å². The van der Waals surface area contributed by atoms with E-state index in [1.807, 2.05) is 0 Å². The van der Waals surface area contributed by atoms with Crippen LogP contribution < -0.4 is 0 Å². The van der Waals surface area contributed by atoms with Gasteiger partial charge in [0.05, 0.1) is 6.61 Å². The number of rotatable bonds is 3. The molecule has 19 heavy (non-hydrogen) atoms. The van der Waals surface area contributed by atoms with E-state index >= 15 is 0 Å². The van der Waals surface area contributed by atoms with Crippen LogP contribution >= 0.6 is 31.9 Å². The van der Waals surface area contributed by atoms with E-state index < -0.39 is 11.8 Å². The van der Waals surface area contributed by atoms with Crippen molar-refractivity contribution in [1.29, 1.82) is 0 Å². The zero-order valence-electron chi connectivity index (χ0n) is 9.71. The van der Waals surface area contributed by atoms with Crippen molar-refractivity contribution < 1.29 is 13.9 Å².